The number of benzene rings is 2. The Labute approximate surface area is 235 Å². The number of rotatable bonds is 10. The van der Waals surface area contributed by atoms with Crippen LogP contribution in [0, 0.1) is 19.8 Å². The van der Waals surface area contributed by atoms with Crippen LogP contribution in [0.1, 0.15) is 69.7 Å². The van der Waals surface area contributed by atoms with E-state index in [9.17, 15) is 24.3 Å². The average Bonchev–Trinajstić information content (AvgIpc) is 3.57. The number of ether oxygens (including phenoxy) is 1. The molecule has 0 radical (unpaired) electrons. The second-order valence-corrected chi connectivity index (χ2v) is 11.4. The molecule has 10 heteroatoms. The number of aryl methyl sites for hydroxylation is 2. The van der Waals surface area contributed by atoms with Crippen molar-refractivity contribution in [2.45, 2.75) is 84.5 Å². The van der Waals surface area contributed by atoms with Gasteiger partial charge in [-0.1, -0.05) is 43.3 Å². The predicted molar refractivity (Wildman–Crippen MR) is 151 cm³/mol. The number of aromatic hydroxyl groups is 1. The highest BCUT2D eigenvalue weighted by molar-refractivity contribution is 6.00. The van der Waals surface area contributed by atoms with Gasteiger partial charge in [-0.15, -0.1) is 0 Å². The van der Waals surface area contributed by atoms with Gasteiger partial charge in [-0.2, -0.15) is 0 Å². The summed E-state index contributed by atoms with van der Waals surface area (Å²) >= 11 is 0. The Morgan fingerprint density at radius 1 is 1.07 bits per heavy atom. The summed E-state index contributed by atoms with van der Waals surface area (Å²) in [6, 6.07) is 9.52. The first-order valence-corrected chi connectivity index (χ1v) is 13.4. The number of hydrogen-bond acceptors (Lipinski definition) is 6. The van der Waals surface area contributed by atoms with E-state index in [1.165, 1.54) is 4.90 Å². The van der Waals surface area contributed by atoms with Gasteiger partial charge in [0.1, 0.15) is 23.4 Å². The number of alkyl carbamates (subject to hydrolysis) is 1. The molecule has 2 aromatic rings. The maximum Gasteiger partial charge on any atom is 0.408 e. The molecule has 40 heavy (non-hydrogen) atoms. The Morgan fingerprint density at radius 3 is 2.27 bits per heavy atom. The molecule has 4 amide bonds. The van der Waals surface area contributed by atoms with Gasteiger partial charge in [0.25, 0.3) is 5.91 Å². The number of nitrogens with zero attached hydrogens (tertiary/aromatic N) is 1. The summed E-state index contributed by atoms with van der Waals surface area (Å²) < 4.78 is 5.37. The number of carbonyl (C=O) groups excluding carboxylic acids is 4. The van der Waals surface area contributed by atoms with E-state index in [4.69, 9.17) is 10.5 Å². The summed E-state index contributed by atoms with van der Waals surface area (Å²) in [5, 5.41) is 16.6. The van der Waals surface area contributed by atoms with Crippen LogP contribution in [0.4, 0.5) is 10.5 Å². The van der Waals surface area contributed by atoms with E-state index >= 15 is 0 Å². The standard InChI is InChI=1S/C30H40N4O6/c1-17-10-7-8-13-21(17)32-27(37)25(20-12-9-11-18(2)26(20)36)34(23-16-19(23)3)28(38)22(14-15-24(31)35)33-29(39)40-30(4,5)6/h7-13,19,22-23,25,36H,14-16H2,1-6H3,(H2,31,35)(H,32,37)(H,33,39). The molecule has 4 unspecified atom stereocenters. The van der Waals surface area contributed by atoms with Crippen LogP contribution in [0.2, 0.25) is 0 Å². The molecule has 3 rings (SSSR count). The number of para-hydroxylation sites is 2. The molecule has 0 heterocycles. The molecule has 0 aliphatic heterocycles. The molecule has 1 aliphatic rings. The lowest BCUT2D eigenvalue weighted by Crippen LogP contribution is -2.53. The lowest BCUT2D eigenvalue weighted by molar-refractivity contribution is -0.142. The smallest absolute Gasteiger partial charge is 0.408 e. The Balaban J connectivity index is 2.08. The van der Waals surface area contributed by atoms with Gasteiger partial charge in [0, 0.05) is 23.7 Å². The van der Waals surface area contributed by atoms with Gasteiger partial charge in [0.2, 0.25) is 11.8 Å². The van der Waals surface area contributed by atoms with Gasteiger partial charge in [0.05, 0.1) is 0 Å². The minimum absolute atomic E-state index is 0.0722. The van der Waals surface area contributed by atoms with Crippen LogP contribution in [0.15, 0.2) is 42.5 Å². The topological polar surface area (TPSA) is 151 Å². The molecule has 5 N–H and O–H groups in total. The van der Waals surface area contributed by atoms with E-state index in [-0.39, 0.29) is 36.1 Å². The molecule has 0 spiro atoms. The largest absolute Gasteiger partial charge is 0.507 e. The zero-order valence-electron chi connectivity index (χ0n) is 24.0. The lowest BCUT2D eigenvalue weighted by Gasteiger charge is -2.35. The third kappa shape index (κ3) is 7.74. The van der Waals surface area contributed by atoms with Crippen LogP contribution in [0.5, 0.6) is 5.75 Å². The third-order valence-corrected chi connectivity index (χ3v) is 6.84. The second kappa shape index (κ2) is 12.4. The molecule has 0 aromatic heterocycles. The van der Waals surface area contributed by atoms with Gasteiger partial charge in [-0.3, -0.25) is 14.4 Å². The molecular formula is C30H40N4O6. The predicted octanol–water partition coefficient (Wildman–Crippen LogP) is 4.08. The summed E-state index contributed by atoms with van der Waals surface area (Å²) in [4.78, 5) is 54.0. The molecule has 2 aromatic carbocycles. The average molecular weight is 553 g/mol. The molecule has 10 nitrogen and oxygen atoms in total. The van der Waals surface area contributed by atoms with Crippen molar-refractivity contribution in [3.8, 4) is 5.75 Å². The highest BCUT2D eigenvalue weighted by Gasteiger charge is 2.49. The highest BCUT2D eigenvalue weighted by Crippen LogP contribution is 2.43. The molecule has 4 atom stereocenters. The molecule has 1 aliphatic carbocycles. The minimum atomic E-state index is -1.22. The summed E-state index contributed by atoms with van der Waals surface area (Å²) in [5.74, 6) is -1.77. The summed E-state index contributed by atoms with van der Waals surface area (Å²) in [6.45, 7) is 10.6. The zero-order valence-corrected chi connectivity index (χ0v) is 24.0. The van der Waals surface area contributed by atoms with Gasteiger partial charge in [-0.05, 0) is 70.6 Å². The van der Waals surface area contributed by atoms with E-state index < -0.39 is 41.5 Å². The fourth-order valence-electron chi connectivity index (χ4n) is 4.58. The van der Waals surface area contributed by atoms with E-state index in [1.54, 1.807) is 58.0 Å². The minimum Gasteiger partial charge on any atom is -0.507 e. The van der Waals surface area contributed by atoms with Gasteiger partial charge in [0.15, 0.2) is 0 Å². The third-order valence-electron chi connectivity index (χ3n) is 6.84. The molecular weight excluding hydrogens is 512 g/mol. The first kappa shape index (κ1) is 30.5. The van der Waals surface area contributed by atoms with E-state index in [2.05, 4.69) is 10.6 Å². The second-order valence-electron chi connectivity index (χ2n) is 11.4. The molecule has 216 valence electrons. The fourth-order valence-corrected chi connectivity index (χ4v) is 4.58. The number of primary amides is 1. The van der Waals surface area contributed by atoms with Crippen molar-refractivity contribution in [3.63, 3.8) is 0 Å². The van der Waals surface area contributed by atoms with Crippen LogP contribution < -0.4 is 16.4 Å². The Morgan fingerprint density at radius 2 is 1.70 bits per heavy atom. The van der Waals surface area contributed by atoms with E-state index in [0.717, 1.165) is 5.56 Å². The Bertz CT molecular complexity index is 1270. The molecule has 1 saturated carbocycles. The summed E-state index contributed by atoms with van der Waals surface area (Å²) in [7, 11) is 0. The number of anilines is 1. The number of nitrogens with two attached hydrogens (primary N) is 1. The molecule has 0 saturated heterocycles. The number of amides is 4. The SMILES string of the molecule is Cc1ccccc1NC(=O)C(c1cccc(C)c1O)N(C(=O)C(CCC(N)=O)NC(=O)OC(C)(C)C)C1CC1C. The fraction of sp³-hybridized carbons (Fsp3) is 0.467. The zero-order chi connectivity index (χ0) is 29.8. The maximum absolute atomic E-state index is 14.3. The van der Waals surface area contributed by atoms with Crippen LogP contribution >= 0.6 is 0 Å². The Kier molecular flexibility index (Phi) is 9.44. The maximum atomic E-state index is 14.3. The first-order chi connectivity index (χ1) is 18.7. The van der Waals surface area contributed by atoms with Gasteiger partial charge in [-0.25, -0.2) is 4.79 Å². The number of phenolic OH excluding ortho intramolecular Hbond substituents is 1. The lowest BCUT2D eigenvalue weighted by atomic mass is 9.98. The quantitative estimate of drug-likeness (QED) is 0.349. The number of carbonyl (C=O) groups is 4. The Hall–Kier alpha value is -4.08. The van der Waals surface area contributed by atoms with Crippen LogP contribution in [0.25, 0.3) is 0 Å². The van der Waals surface area contributed by atoms with E-state index in [0.29, 0.717) is 17.7 Å². The van der Waals surface area contributed by atoms with Crippen molar-refractivity contribution >= 4 is 29.5 Å². The first-order valence-electron chi connectivity index (χ1n) is 13.4. The van der Waals surface area contributed by atoms with Crippen LogP contribution in [0.3, 0.4) is 0 Å². The number of hydrogen-bond donors (Lipinski definition) is 4. The number of phenols is 1. The van der Waals surface area contributed by atoms with Crippen molar-refractivity contribution < 1.29 is 29.0 Å². The molecule has 0 bridgehead atoms. The van der Waals surface area contributed by atoms with Crippen molar-refractivity contribution in [3.05, 3.63) is 59.2 Å². The van der Waals surface area contributed by atoms with Crippen molar-refractivity contribution in [2.75, 3.05) is 5.32 Å². The highest BCUT2D eigenvalue weighted by atomic mass is 16.6. The monoisotopic (exact) mass is 552 g/mol. The van der Waals surface area contributed by atoms with Crippen molar-refractivity contribution in [2.24, 2.45) is 11.7 Å². The molecule has 1 fully saturated rings. The van der Waals surface area contributed by atoms with Gasteiger partial charge < -0.3 is 31.1 Å². The van der Waals surface area contributed by atoms with Crippen LogP contribution in [-0.4, -0.2) is 51.5 Å². The van der Waals surface area contributed by atoms with Crippen LogP contribution in [-0.2, 0) is 19.1 Å². The van der Waals surface area contributed by atoms with Crippen molar-refractivity contribution in [1.82, 2.24) is 10.2 Å². The normalized spacial score (nSPS) is 17.8. The van der Waals surface area contributed by atoms with Gasteiger partial charge >= 0.3 is 6.09 Å². The van der Waals surface area contributed by atoms with Crippen molar-refractivity contribution in [1.29, 1.82) is 0 Å². The summed E-state index contributed by atoms with van der Waals surface area (Å²) in [5.41, 5.74) is 6.74. The van der Waals surface area contributed by atoms with E-state index in [1.807, 2.05) is 26.0 Å². The number of nitrogens with one attached hydrogen (secondary N) is 2. The summed E-state index contributed by atoms with van der Waals surface area (Å²) in [6.07, 6.45) is -0.465.